The van der Waals surface area contributed by atoms with Crippen LogP contribution in [0.5, 0.6) is 0 Å². The Balaban J connectivity index is 1.41. The van der Waals surface area contributed by atoms with Gasteiger partial charge in [0.25, 0.3) is 5.91 Å². The molecule has 2 amide bonds. The number of carbonyl (C=O) groups excluding carboxylic acids is 2. The van der Waals surface area contributed by atoms with Gasteiger partial charge in [0.2, 0.25) is 5.91 Å². The lowest BCUT2D eigenvalue weighted by Gasteiger charge is -2.32. The molecule has 0 unspecified atom stereocenters. The topological polar surface area (TPSA) is 80.1 Å². The van der Waals surface area contributed by atoms with Crippen molar-refractivity contribution in [2.45, 2.75) is 12.8 Å². The number of likely N-dealkylation sites (tertiary alicyclic amines) is 1. The Labute approximate surface area is 163 Å². The molecule has 1 N–H and O–H groups in total. The van der Waals surface area contributed by atoms with Gasteiger partial charge in [-0.25, -0.2) is 9.67 Å². The van der Waals surface area contributed by atoms with Gasteiger partial charge in [0, 0.05) is 24.3 Å². The highest BCUT2D eigenvalue weighted by atomic mass is 16.2. The van der Waals surface area contributed by atoms with Crippen molar-refractivity contribution in [2.75, 3.05) is 18.4 Å². The molecule has 0 spiro atoms. The number of para-hydroxylation sites is 1. The first-order valence-electron chi connectivity index (χ1n) is 9.31. The molecule has 28 heavy (non-hydrogen) atoms. The molecule has 7 heteroatoms. The van der Waals surface area contributed by atoms with Crippen LogP contribution in [0.25, 0.3) is 5.69 Å². The normalized spacial score (nSPS) is 16.6. The van der Waals surface area contributed by atoms with E-state index >= 15 is 0 Å². The SMILES string of the molecule is O=C(Nc1ccccc1)[C@@H]1CCCN(C(=O)c2ccc(-n3cncn3)cc2)C1. The van der Waals surface area contributed by atoms with E-state index in [0.717, 1.165) is 24.2 Å². The highest BCUT2D eigenvalue weighted by molar-refractivity contribution is 5.96. The van der Waals surface area contributed by atoms with E-state index in [1.165, 1.54) is 6.33 Å². The molecule has 0 aliphatic carbocycles. The van der Waals surface area contributed by atoms with Gasteiger partial charge in [-0.3, -0.25) is 9.59 Å². The second kappa shape index (κ2) is 8.04. The summed E-state index contributed by atoms with van der Waals surface area (Å²) >= 11 is 0. The summed E-state index contributed by atoms with van der Waals surface area (Å²) < 4.78 is 1.64. The van der Waals surface area contributed by atoms with Gasteiger partial charge in [-0.05, 0) is 49.2 Å². The van der Waals surface area contributed by atoms with Gasteiger partial charge in [0.1, 0.15) is 12.7 Å². The summed E-state index contributed by atoms with van der Waals surface area (Å²) in [6, 6.07) is 16.6. The fraction of sp³-hybridized carbons (Fsp3) is 0.238. The number of carbonyl (C=O) groups is 2. The number of nitrogens with one attached hydrogen (secondary N) is 1. The van der Waals surface area contributed by atoms with Crippen molar-refractivity contribution in [2.24, 2.45) is 5.92 Å². The van der Waals surface area contributed by atoms with E-state index in [0.29, 0.717) is 18.7 Å². The van der Waals surface area contributed by atoms with Gasteiger partial charge >= 0.3 is 0 Å². The van der Waals surface area contributed by atoms with Crippen molar-refractivity contribution in [3.8, 4) is 5.69 Å². The van der Waals surface area contributed by atoms with Crippen molar-refractivity contribution in [3.05, 3.63) is 72.8 Å². The minimum absolute atomic E-state index is 0.0368. The molecule has 4 rings (SSSR count). The van der Waals surface area contributed by atoms with Crippen LogP contribution in [0.15, 0.2) is 67.3 Å². The largest absolute Gasteiger partial charge is 0.338 e. The Bertz CT molecular complexity index is 939. The van der Waals surface area contributed by atoms with Crippen molar-refractivity contribution in [3.63, 3.8) is 0 Å². The van der Waals surface area contributed by atoms with Gasteiger partial charge in [-0.15, -0.1) is 0 Å². The average molecular weight is 375 g/mol. The van der Waals surface area contributed by atoms with Gasteiger partial charge in [-0.1, -0.05) is 18.2 Å². The first kappa shape index (κ1) is 17.9. The maximum Gasteiger partial charge on any atom is 0.253 e. The van der Waals surface area contributed by atoms with Crippen LogP contribution in [0.1, 0.15) is 23.2 Å². The second-order valence-electron chi connectivity index (χ2n) is 6.83. The number of aromatic nitrogens is 3. The Kier molecular flexibility index (Phi) is 5.14. The summed E-state index contributed by atoms with van der Waals surface area (Å²) in [6.07, 6.45) is 4.67. The molecule has 2 aromatic carbocycles. The molecule has 0 saturated carbocycles. The lowest BCUT2D eigenvalue weighted by atomic mass is 9.96. The van der Waals surface area contributed by atoms with Crippen molar-refractivity contribution in [1.29, 1.82) is 0 Å². The third kappa shape index (κ3) is 3.93. The second-order valence-corrected chi connectivity index (χ2v) is 6.83. The van der Waals surface area contributed by atoms with Crippen LogP contribution in [0.2, 0.25) is 0 Å². The molecule has 0 radical (unpaired) electrons. The molecule has 3 aromatic rings. The summed E-state index contributed by atoms with van der Waals surface area (Å²) in [5, 5.41) is 7.02. The predicted octanol–water partition coefficient (Wildman–Crippen LogP) is 2.76. The van der Waals surface area contributed by atoms with Crippen LogP contribution < -0.4 is 5.32 Å². The minimum Gasteiger partial charge on any atom is -0.338 e. The fourth-order valence-electron chi connectivity index (χ4n) is 3.42. The number of nitrogens with zero attached hydrogens (tertiary/aromatic N) is 4. The van der Waals surface area contributed by atoms with Gasteiger partial charge < -0.3 is 10.2 Å². The maximum absolute atomic E-state index is 12.9. The van der Waals surface area contributed by atoms with Crippen LogP contribution in [-0.4, -0.2) is 44.6 Å². The number of hydrogen-bond donors (Lipinski definition) is 1. The molecule has 7 nitrogen and oxygen atoms in total. The van der Waals surface area contributed by atoms with E-state index < -0.39 is 0 Å². The Hall–Kier alpha value is -3.48. The highest BCUT2D eigenvalue weighted by Gasteiger charge is 2.29. The van der Waals surface area contributed by atoms with E-state index in [2.05, 4.69) is 15.4 Å². The molecule has 1 aliphatic rings. The number of benzene rings is 2. The highest BCUT2D eigenvalue weighted by Crippen LogP contribution is 2.21. The number of hydrogen-bond acceptors (Lipinski definition) is 4. The summed E-state index contributed by atoms with van der Waals surface area (Å²) in [5.74, 6) is -0.292. The van der Waals surface area contributed by atoms with Crippen LogP contribution >= 0.6 is 0 Å². The lowest BCUT2D eigenvalue weighted by molar-refractivity contribution is -0.121. The summed E-state index contributed by atoms with van der Waals surface area (Å²) in [5.41, 5.74) is 2.22. The van der Waals surface area contributed by atoms with E-state index in [1.54, 1.807) is 28.0 Å². The monoisotopic (exact) mass is 375 g/mol. The predicted molar refractivity (Wildman–Crippen MR) is 105 cm³/mol. The summed E-state index contributed by atoms with van der Waals surface area (Å²) in [4.78, 5) is 31.2. The van der Waals surface area contributed by atoms with Crippen LogP contribution in [0.3, 0.4) is 0 Å². The Morgan fingerprint density at radius 3 is 2.54 bits per heavy atom. The lowest BCUT2D eigenvalue weighted by Crippen LogP contribution is -2.43. The third-order valence-corrected chi connectivity index (χ3v) is 4.92. The molecule has 1 atom stereocenters. The van der Waals surface area contributed by atoms with Crippen molar-refractivity contribution < 1.29 is 9.59 Å². The molecule has 2 heterocycles. The molecule has 142 valence electrons. The first-order chi connectivity index (χ1) is 13.7. The van der Waals surface area contributed by atoms with E-state index in [-0.39, 0.29) is 17.7 Å². The first-order valence-corrected chi connectivity index (χ1v) is 9.31. The Morgan fingerprint density at radius 2 is 1.82 bits per heavy atom. The van der Waals surface area contributed by atoms with Gasteiger partial charge in [0.15, 0.2) is 0 Å². The third-order valence-electron chi connectivity index (χ3n) is 4.92. The van der Waals surface area contributed by atoms with Gasteiger partial charge in [0.05, 0.1) is 11.6 Å². The molecular weight excluding hydrogens is 354 g/mol. The van der Waals surface area contributed by atoms with E-state index in [1.807, 2.05) is 42.5 Å². The molecule has 1 saturated heterocycles. The summed E-state index contributed by atoms with van der Waals surface area (Å²) in [7, 11) is 0. The van der Waals surface area contributed by atoms with Crippen molar-refractivity contribution >= 4 is 17.5 Å². The average Bonchev–Trinajstić information content (AvgIpc) is 3.29. The molecule has 0 bridgehead atoms. The number of anilines is 1. The zero-order valence-electron chi connectivity index (χ0n) is 15.4. The summed E-state index contributed by atoms with van der Waals surface area (Å²) in [6.45, 7) is 1.10. The number of amides is 2. The number of piperidine rings is 1. The minimum atomic E-state index is -0.202. The van der Waals surface area contributed by atoms with Crippen LogP contribution in [0, 0.1) is 5.92 Å². The Morgan fingerprint density at radius 1 is 1.04 bits per heavy atom. The quantitative estimate of drug-likeness (QED) is 0.760. The standard InChI is InChI=1S/C21H21N5O2/c27-20(24-18-6-2-1-3-7-18)17-5-4-12-25(13-17)21(28)16-8-10-19(11-9-16)26-15-22-14-23-26/h1-3,6-11,14-15,17H,4-5,12-13H2,(H,24,27)/t17-/m1/s1. The molecule has 1 aliphatic heterocycles. The molecule has 1 fully saturated rings. The van der Waals surface area contributed by atoms with Crippen molar-refractivity contribution in [1.82, 2.24) is 19.7 Å². The maximum atomic E-state index is 12.9. The number of rotatable bonds is 4. The smallest absolute Gasteiger partial charge is 0.253 e. The fourth-order valence-corrected chi connectivity index (χ4v) is 3.42. The van der Waals surface area contributed by atoms with Crippen LogP contribution in [0.4, 0.5) is 5.69 Å². The van der Waals surface area contributed by atoms with Crippen LogP contribution in [-0.2, 0) is 4.79 Å². The zero-order chi connectivity index (χ0) is 19.3. The van der Waals surface area contributed by atoms with Gasteiger partial charge in [-0.2, -0.15) is 5.10 Å². The van der Waals surface area contributed by atoms with E-state index in [9.17, 15) is 9.59 Å². The van der Waals surface area contributed by atoms with E-state index in [4.69, 9.17) is 0 Å². The molecule has 1 aromatic heterocycles. The molecular formula is C21H21N5O2. The zero-order valence-corrected chi connectivity index (χ0v) is 15.4.